The van der Waals surface area contributed by atoms with Crippen molar-refractivity contribution >= 4 is 11.6 Å². The molecule has 0 aliphatic rings. The second kappa shape index (κ2) is 5.03. The molecular formula is C11H14ClN. The summed E-state index contributed by atoms with van der Waals surface area (Å²) in [6.07, 6.45) is 6.99. The quantitative estimate of drug-likeness (QED) is 0.669. The van der Waals surface area contributed by atoms with Crippen molar-refractivity contribution in [3.05, 3.63) is 41.2 Å². The fourth-order valence-electron chi connectivity index (χ4n) is 1.32. The van der Waals surface area contributed by atoms with Crippen LogP contribution in [0.15, 0.2) is 30.5 Å². The van der Waals surface area contributed by atoms with Crippen LogP contribution in [0.2, 0.25) is 5.02 Å². The average molecular weight is 196 g/mol. The van der Waals surface area contributed by atoms with E-state index >= 15 is 0 Å². The van der Waals surface area contributed by atoms with Crippen LogP contribution in [0.4, 0.5) is 0 Å². The third-order valence-electron chi connectivity index (χ3n) is 2.00. The maximum Gasteiger partial charge on any atom is 0.0657 e. The van der Waals surface area contributed by atoms with E-state index in [0.717, 1.165) is 17.1 Å². The van der Waals surface area contributed by atoms with Gasteiger partial charge in [-0.15, -0.1) is 0 Å². The van der Waals surface area contributed by atoms with Crippen LogP contribution in [0.25, 0.3) is 0 Å². The normalized spacial score (nSPS) is 13.5. The van der Waals surface area contributed by atoms with Gasteiger partial charge in [0, 0.05) is 12.1 Å². The van der Waals surface area contributed by atoms with Crippen molar-refractivity contribution in [1.82, 2.24) is 4.98 Å². The molecule has 0 amide bonds. The van der Waals surface area contributed by atoms with Gasteiger partial charge in [-0.25, -0.2) is 0 Å². The van der Waals surface area contributed by atoms with Gasteiger partial charge in [0.05, 0.1) is 10.7 Å². The van der Waals surface area contributed by atoms with Gasteiger partial charge in [0.1, 0.15) is 0 Å². The molecule has 1 atom stereocenters. The largest absolute Gasteiger partial charge is 0.259 e. The summed E-state index contributed by atoms with van der Waals surface area (Å²) in [6.45, 7) is 4.15. The van der Waals surface area contributed by atoms with Gasteiger partial charge in [-0.1, -0.05) is 30.7 Å². The Morgan fingerprint density at radius 2 is 2.38 bits per heavy atom. The summed E-state index contributed by atoms with van der Waals surface area (Å²) >= 11 is 6.04. The van der Waals surface area contributed by atoms with E-state index in [4.69, 9.17) is 11.6 Å². The predicted octanol–water partition coefficient (Wildman–Crippen LogP) is 3.80. The van der Waals surface area contributed by atoms with Crippen LogP contribution in [0.5, 0.6) is 0 Å². The van der Waals surface area contributed by atoms with Crippen LogP contribution < -0.4 is 0 Å². The van der Waals surface area contributed by atoms with Gasteiger partial charge in [0.15, 0.2) is 0 Å². The average Bonchev–Trinajstić information content (AvgIpc) is 2.16. The van der Waals surface area contributed by atoms with Crippen molar-refractivity contribution in [3.63, 3.8) is 0 Å². The Bertz CT molecular complexity index is 294. The Kier molecular flexibility index (Phi) is 3.97. The summed E-state index contributed by atoms with van der Waals surface area (Å²) in [5.41, 5.74) is 0.977. The number of halogens is 1. The molecule has 13 heavy (non-hydrogen) atoms. The second-order valence-electron chi connectivity index (χ2n) is 2.91. The molecule has 0 radical (unpaired) electrons. The molecule has 0 bridgehead atoms. The zero-order chi connectivity index (χ0) is 9.68. The number of hydrogen-bond acceptors (Lipinski definition) is 1. The highest BCUT2D eigenvalue weighted by atomic mass is 35.5. The highest BCUT2D eigenvalue weighted by Gasteiger charge is 2.09. The Labute approximate surface area is 84.5 Å². The standard InChI is InChI=1S/C11H14ClN/c1-3-6-9(4-2)11-10(12)7-5-8-13-11/h3,5-9H,4H2,1-2H3/b6-3-. The van der Waals surface area contributed by atoms with Gasteiger partial charge in [0.25, 0.3) is 0 Å². The van der Waals surface area contributed by atoms with Crippen LogP contribution in [-0.2, 0) is 0 Å². The molecule has 0 fully saturated rings. The molecule has 1 heterocycles. The van der Waals surface area contributed by atoms with E-state index in [2.05, 4.69) is 18.0 Å². The van der Waals surface area contributed by atoms with E-state index in [1.54, 1.807) is 6.20 Å². The SMILES string of the molecule is C/C=C\C(CC)c1ncccc1Cl. The lowest BCUT2D eigenvalue weighted by Gasteiger charge is -2.10. The molecule has 0 saturated heterocycles. The smallest absolute Gasteiger partial charge is 0.0657 e. The van der Waals surface area contributed by atoms with Crippen LogP contribution >= 0.6 is 11.6 Å². The van der Waals surface area contributed by atoms with Crippen molar-refractivity contribution in [2.24, 2.45) is 0 Å². The molecule has 2 heteroatoms. The Morgan fingerprint density at radius 3 is 2.92 bits per heavy atom. The summed E-state index contributed by atoms with van der Waals surface area (Å²) in [6, 6.07) is 3.74. The minimum absolute atomic E-state index is 0.346. The van der Waals surface area contributed by atoms with Crippen LogP contribution in [0, 0.1) is 0 Å². The summed E-state index contributed by atoms with van der Waals surface area (Å²) in [7, 11) is 0. The Morgan fingerprint density at radius 1 is 1.62 bits per heavy atom. The maximum absolute atomic E-state index is 6.04. The molecule has 1 aromatic heterocycles. The lowest BCUT2D eigenvalue weighted by molar-refractivity contribution is 0.774. The molecule has 0 spiro atoms. The van der Waals surface area contributed by atoms with Crippen molar-refractivity contribution in [2.75, 3.05) is 0 Å². The minimum atomic E-state index is 0.346. The lowest BCUT2D eigenvalue weighted by Crippen LogP contribution is -1.97. The van der Waals surface area contributed by atoms with Gasteiger partial charge in [0.2, 0.25) is 0 Å². The summed E-state index contributed by atoms with van der Waals surface area (Å²) in [4.78, 5) is 4.28. The van der Waals surface area contributed by atoms with E-state index in [0.29, 0.717) is 5.92 Å². The van der Waals surface area contributed by atoms with E-state index < -0.39 is 0 Å². The third-order valence-corrected chi connectivity index (χ3v) is 2.32. The highest BCUT2D eigenvalue weighted by Crippen LogP contribution is 2.25. The zero-order valence-corrected chi connectivity index (χ0v) is 8.75. The molecule has 1 aromatic rings. The third kappa shape index (κ3) is 2.56. The van der Waals surface area contributed by atoms with E-state index in [1.165, 1.54) is 0 Å². The number of rotatable bonds is 3. The molecule has 0 aliphatic carbocycles. The minimum Gasteiger partial charge on any atom is -0.259 e. The molecular weight excluding hydrogens is 182 g/mol. The number of pyridine rings is 1. The number of nitrogens with zero attached hydrogens (tertiary/aromatic N) is 1. The van der Waals surface area contributed by atoms with Crippen LogP contribution in [0.1, 0.15) is 31.9 Å². The van der Waals surface area contributed by atoms with Gasteiger partial charge >= 0.3 is 0 Å². The number of hydrogen-bond donors (Lipinski definition) is 0. The first-order valence-corrected chi connectivity index (χ1v) is 4.90. The summed E-state index contributed by atoms with van der Waals surface area (Å²) < 4.78 is 0. The van der Waals surface area contributed by atoms with Gasteiger partial charge < -0.3 is 0 Å². The predicted molar refractivity (Wildman–Crippen MR) is 57.1 cm³/mol. The fourth-order valence-corrected chi connectivity index (χ4v) is 1.59. The molecule has 0 N–H and O–H groups in total. The first-order valence-electron chi connectivity index (χ1n) is 4.52. The molecule has 1 rings (SSSR count). The molecule has 0 aliphatic heterocycles. The van der Waals surface area contributed by atoms with E-state index in [9.17, 15) is 0 Å². The molecule has 1 unspecified atom stereocenters. The van der Waals surface area contributed by atoms with Gasteiger partial charge in [-0.3, -0.25) is 4.98 Å². The van der Waals surface area contributed by atoms with Crippen molar-refractivity contribution < 1.29 is 0 Å². The molecule has 0 saturated carbocycles. The first-order chi connectivity index (χ1) is 6.29. The van der Waals surface area contributed by atoms with E-state index in [1.807, 2.05) is 25.1 Å². The second-order valence-corrected chi connectivity index (χ2v) is 3.32. The number of aromatic nitrogens is 1. The van der Waals surface area contributed by atoms with E-state index in [-0.39, 0.29) is 0 Å². The molecule has 1 nitrogen and oxygen atoms in total. The Hall–Kier alpha value is -0.820. The highest BCUT2D eigenvalue weighted by molar-refractivity contribution is 6.31. The van der Waals surface area contributed by atoms with Crippen LogP contribution in [-0.4, -0.2) is 4.98 Å². The number of allylic oxidation sites excluding steroid dienone is 2. The van der Waals surface area contributed by atoms with Crippen molar-refractivity contribution in [1.29, 1.82) is 0 Å². The summed E-state index contributed by atoms with van der Waals surface area (Å²) in [5.74, 6) is 0.346. The van der Waals surface area contributed by atoms with Crippen molar-refractivity contribution in [2.45, 2.75) is 26.2 Å². The van der Waals surface area contributed by atoms with Gasteiger partial charge in [-0.05, 0) is 25.5 Å². The lowest BCUT2D eigenvalue weighted by atomic mass is 10.0. The summed E-state index contributed by atoms with van der Waals surface area (Å²) in [5, 5.41) is 0.757. The van der Waals surface area contributed by atoms with Crippen LogP contribution in [0.3, 0.4) is 0 Å². The fraction of sp³-hybridized carbons (Fsp3) is 0.364. The zero-order valence-electron chi connectivity index (χ0n) is 8.00. The van der Waals surface area contributed by atoms with Crippen molar-refractivity contribution in [3.8, 4) is 0 Å². The molecule has 0 aromatic carbocycles. The topological polar surface area (TPSA) is 12.9 Å². The molecule has 70 valence electrons. The Balaban J connectivity index is 2.97. The first kappa shape index (κ1) is 10.3. The monoisotopic (exact) mass is 195 g/mol. The van der Waals surface area contributed by atoms with Gasteiger partial charge in [-0.2, -0.15) is 0 Å². The maximum atomic E-state index is 6.04.